The molecule has 0 aromatic carbocycles. The summed E-state index contributed by atoms with van der Waals surface area (Å²) >= 11 is 0. The molecule has 2 aliphatic carbocycles. The van der Waals surface area contributed by atoms with Crippen molar-refractivity contribution in [2.24, 2.45) is 17.8 Å². The van der Waals surface area contributed by atoms with Crippen LogP contribution in [0.25, 0.3) is 0 Å². The van der Waals surface area contributed by atoms with Crippen LogP contribution < -0.4 is 0 Å². The van der Waals surface area contributed by atoms with Crippen molar-refractivity contribution in [1.82, 2.24) is 4.90 Å². The van der Waals surface area contributed by atoms with Gasteiger partial charge in [0.1, 0.15) is 0 Å². The van der Waals surface area contributed by atoms with Gasteiger partial charge in [0.2, 0.25) is 5.91 Å². The number of hydrogen-bond donors (Lipinski definition) is 0. The molecule has 2 saturated carbocycles. The summed E-state index contributed by atoms with van der Waals surface area (Å²) in [4.78, 5) is 13.9. The van der Waals surface area contributed by atoms with Gasteiger partial charge in [-0.15, -0.1) is 0 Å². The second kappa shape index (κ2) is 3.92. The van der Waals surface area contributed by atoms with Gasteiger partial charge in [0.15, 0.2) is 0 Å². The molecule has 0 bridgehead atoms. The summed E-state index contributed by atoms with van der Waals surface area (Å²) < 4.78 is 26.0. The van der Waals surface area contributed by atoms with Gasteiger partial charge in [-0.05, 0) is 24.7 Å². The topological polar surface area (TPSA) is 20.3 Å². The molecule has 4 heteroatoms. The molecule has 0 radical (unpaired) electrons. The number of carbonyl (C=O) groups is 1. The molecule has 3 rings (SSSR count). The van der Waals surface area contributed by atoms with Crippen LogP contribution in [0.4, 0.5) is 8.78 Å². The van der Waals surface area contributed by atoms with E-state index in [0.717, 1.165) is 0 Å². The highest BCUT2D eigenvalue weighted by Gasteiger charge is 2.56. The van der Waals surface area contributed by atoms with Crippen molar-refractivity contribution in [3.05, 3.63) is 0 Å². The zero-order valence-electron chi connectivity index (χ0n) is 10.0. The lowest BCUT2D eigenvalue weighted by Crippen LogP contribution is -2.43. The Kier molecular flexibility index (Phi) is 2.64. The smallest absolute Gasteiger partial charge is 0.251 e. The molecule has 17 heavy (non-hydrogen) atoms. The van der Waals surface area contributed by atoms with Gasteiger partial charge in [-0.3, -0.25) is 4.79 Å². The van der Waals surface area contributed by atoms with Crippen molar-refractivity contribution in [2.75, 3.05) is 13.1 Å². The number of carbonyl (C=O) groups excluding carboxylic acids is 1. The standard InChI is InChI=1S/C13H19F2NO/c14-13(15)5-7-16(8-6-13)12(17)11-9-3-1-2-4-10(9)11/h9-11H,1-8H2/t9-,10+,11?. The number of nitrogens with zero attached hydrogens (tertiary/aromatic N) is 1. The van der Waals surface area contributed by atoms with Crippen LogP contribution in [0.5, 0.6) is 0 Å². The van der Waals surface area contributed by atoms with Crippen molar-refractivity contribution in [3.63, 3.8) is 0 Å². The lowest BCUT2D eigenvalue weighted by molar-refractivity contribution is -0.139. The normalized spacial score (nSPS) is 39.6. The number of piperidine rings is 1. The van der Waals surface area contributed by atoms with Crippen molar-refractivity contribution < 1.29 is 13.6 Å². The predicted molar refractivity (Wildman–Crippen MR) is 59.7 cm³/mol. The minimum absolute atomic E-state index is 0.152. The fraction of sp³-hybridized carbons (Fsp3) is 0.923. The van der Waals surface area contributed by atoms with E-state index in [2.05, 4.69) is 0 Å². The number of alkyl halides is 2. The van der Waals surface area contributed by atoms with Crippen molar-refractivity contribution in [2.45, 2.75) is 44.4 Å². The minimum atomic E-state index is -2.55. The zero-order valence-corrected chi connectivity index (χ0v) is 10.0. The molecule has 1 unspecified atom stereocenters. The van der Waals surface area contributed by atoms with E-state index in [1.54, 1.807) is 4.90 Å². The first kappa shape index (κ1) is 11.4. The lowest BCUT2D eigenvalue weighted by atomic mass is 10.0. The third-order valence-corrected chi connectivity index (χ3v) is 4.75. The Morgan fingerprint density at radius 2 is 1.59 bits per heavy atom. The number of halogens is 2. The van der Waals surface area contributed by atoms with Crippen LogP contribution in [0.1, 0.15) is 38.5 Å². The molecule has 0 aromatic heterocycles. The second-order valence-electron chi connectivity index (χ2n) is 5.82. The minimum Gasteiger partial charge on any atom is -0.342 e. The highest BCUT2D eigenvalue weighted by molar-refractivity contribution is 5.82. The van der Waals surface area contributed by atoms with Crippen LogP contribution in [-0.4, -0.2) is 29.8 Å². The summed E-state index contributed by atoms with van der Waals surface area (Å²) in [5, 5.41) is 0. The molecule has 1 heterocycles. The Bertz CT molecular complexity index is 309. The summed E-state index contributed by atoms with van der Waals surface area (Å²) in [6.45, 7) is 0.504. The van der Waals surface area contributed by atoms with E-state index in [4.69, 9.17) is 0 Å². The van der Waals surface area contributed by atoms with Gasteiger partial charge in [0.25, 0.3) is 5.92 Å². The summed E-state index contributed by atoms with van der Waals surface area (Å²) in [7, 11) is 0. The quantitative estimate of drug-likeness (QED) is 0.693. The zero-order chi connectivity index (χ0) is 12.0. The summed E-state index contributed by atoms with van der Waals surface area (Å²) in [6, 6.07) is 0. The van der Waals surface area contributed by atoms with E-state index < -0.39 is 5.92 Å². The molecule has 0 aromatic rings. The average molecular weight is 243 g/mol. The highest BCUT2D eigenvalue weighted by atomic mass is 19.3. The Balaban J connectivity index is 1.57. The van der Waals surface area contributed by atoms with Crippen LogP contribution >= 0.6 is 0 Å². The maximum atomic E-state index is 13.0. The van der Waals surface area contributed by atoms with E-state index in [9.17, 15) is 13.6 Å². The number of fused-ring (bicyclic) bond motifs is 1. The van der Waals surface area contributed by atoms with Crippen LogP contribution in [0, 0.1) is 17.8 Å². The largest absolute Gasteiger partial charge is 0.342 e. The first-order chi connectivity index (χ1) is 8.08. The molecule has 3 aliphatic rings. The lowest BCUT2D eigenvalue weighted by Gasteiger charge is -2.32. The average Bonchev–Trinajstić information content (AvgIpc) is 3.02. The molecule has 1 saturated heterocycles. The molecule has 2 nitrogen and oxygen atoms in total. The van der Waals surface area contributed by atoms with Crippen molar-refractivity contribution in [1.29, 1.82) is 0 Å². The van der Waals surface area contributed by atoms with E-state index in [1.807, 2.05) is 0 Å². The molecule has 0 spiro atoms. The van der Waals surface area contributed by atoms with E-state index in [-0.39, 0.29) is 37.8 Å². The van der Waals surface area contributed by atoms with Crippen molar-refractivity contribution in [3.8, 4) is 0 Å². The third kappa shape index (κ3) is 2.06. The number of rotatable bonds is 1. The molecule has 3 fully saturated rings. The van der Waals surface area contributed by atoms with Crippen LogP contribution in [-0.2, 0) is 4.79 Å². The number of likely N-dealkylation sites (tertiary alicyclic amines) is 1. The molecule has 0 N–H and O–H groups in total. The molecule has 3 atom stereocenters. The van der Waals surface area contributed by atoms with Gasteiger partial charge < -0.3 is 4.90 Å². The molecular weight excluding hydrogens is 224 g/mol. The van der Waals surface area contributed by atoms with Crippen LogP contribution in [0.3, 0.4) is 0 Å². The summed E-state index contributed by atoms with van der Waals surface area (Å²) in [5.41, 5.74) is 0. The summed E-state index contributed by atoms with van der Waals surface area (Å²) in [6.07, 6.45) is 4.52. The van der Waals surface area contributed by atoms with Gasteiger partial charge in [-0.25, -0.2) is 8.78 Å². The van der Waals surface area contributed by atoms with E-state index >= 15 is 0 Å². The second-order valence-corrected chi connectivity index (χ2v) is 5.82. The van der Waals surface area contributed by atoms with Crippen molar-refractivity contribution >= 4 is 5.91 Å². The van der Waals surface area contributed by atoms with Crippen LogP contribution in [0.2, 0.25) is 0 Å². The monoisotopic (exact) mass is 243 g/mol. The molecule has 1 aliphatic heterocycles. The van der Waals surface area contributed by atoms with Gasteiger partial charge >= 0.3 is 0 Å². The fourth-order valence-electron chi connectivity index (χ4n) is 3.62. The van der Waals surface area contributed by atoms with Gasteiger partial charge in [-0.1, -0.05) is 12.8 Å². The Hall–Kier alpha value is -0.670. The maximum absolute atomic E-state index is 13.0. The van der Waals surface area contributed by atoms with E-state index in [1.165, 1.54) is 25.7 Å². The maximum Gasteiger partial charge on any atom is 0.251 e. The van der Waals surface area contributed by atoms with Gasteiger partial charge in [0, 0.05) is 31.8 Å². The molecule has 96 valence electrons. The third-order valence-electron chi connectivity index (χ3n) is 4.75. The number of hydrogen-bond acceptors (Lipinski definition) is 1. The van der Waals surface area contributed by atoms with Crippen LogP contribution in [0.15, 0.2) is 0 Å². The first-order valence-corrected chi connectivity index (χ1v) is 6.75. The number of amides is 1. The van der Waals surface area contributed by atoms with Gasteiger partial charge in [0.05, 0.1) is 0 Å². The predicted octanol–water partition coefficient (Wildman–Crippen LogP) is 2.68. The summed E-state index contributed by atoms with van der Waals surface area (Å²) in [5.74, 6) is -1.04. The first-order valence-electron chi connectivity index (χ1n) is 6.75. The molecular formula is C13H19F2NO. The SMILES string of the molecule is O=C(C1[C@H]2CCCC[C@@H]12)N1CCC(F)(F)CC1. The Labute approximate surface area is 100 Å². The van der Waals surface area contributed by atoms with Gasteiger partial charge in [-0.2, -0.15) is 0 Å². The Morgan fingerprint density at radius 3 is 2.12 bits per heavy atom. The molecule has 1 amide bonds. The highest BCUT2D eigenvalue weighted by Crippen LogP contribution is 2.56. The van der Waals surface area contributed by atoms with E-state index in [0.29, 0.717) is 11.8 Å². The fourth-order valence-corrected chi connectivity index (χ4v) is 3.62. The Morgan fingerprint density at radius 1 is 1.06 bits per heavy atom.